The van der Waals surface area contributed by atoms with E-state index in [-0.39, 0.29) is 11.3 Å². The molecule has 2 nitrogen and oxygen atoms in total. The zero-order valence-corrected chi connectivity index (χ0v) is 10.5. The van der Waals surface area contributed by atoms with E-state index in [4.69, 9.17) is 10.5 Å². The minimum atomic E-state index is -4.62. The molecule has 7 heteroatoms. The van der Waals surface area contributed by atoms with Crippen LogP contribution in [0.25, 0.3) is 0 Å². The highest BCUT2D eigenvalue weighted by atomic mass is 19.4. The van der Waals surface area contributed by atoms with Crippen LogP contribution in [0.5, 0.6) is 5.75 Å². The third-order valence-electron chi connectivity index (χ3n) is 2.74. The molecular weight excluding hydrogens is 293 g/mol. The lowest BCUT2D eigenvalue weighted by molar-refractivity contribution is -0.138. The molecule has 0 unspecified atom stereocenters. The Balaban J connectivity index is 2.26. The number of rotatable bonds is 3. The predicted octanol–water partition coefficient (Wildman–Crippen LogP) is 4.14. The fourth-order valence-electron chi connectivity index (χ4n) is 1.73. The first-order valence-corrected chi connectivity index (χ1v) is 5.81. The van der Waals surface area contributed by atoms with Gasteiger partial charge in [-0.05, 0) is 24.3 Å². The van der Waals surface area contributed by atoms with E-state index in [0.29, 0.717) is 0 Å². The Morgan fingerprint density at radius 3 is 2.43 bits per heavy atom. The molecule has 2 rings (SSSR count). The molecule has 0 aliphatic rings. The second kappa shape index (κ2) is 5.59. The number of hydrogen-bond donors (Lipinski definition) is 1. The lowest BCUT2D eigenvalue weighted by atomic mass is 10.1. The van der Waals surface area contributed by atoms with E-state index in [0.717, 1.165) is 24.3 Å². The van der Waals surface area contributed by atoms with Crippen molar-refractivity contribution in [1.29, 1.82) is 0 Å². The molecular formula is C14H10F5NO. The summed E-state index contributed by atoms with van der Waals surface area (Å²) in [7, 11) is 0. The second-order valence-corrected chi connectivity index (χ2v) is 4.25. The fraction of sp³-hybridized carbons (Fsp3) is 0.143. The van der Waals surface area contributed by atoms with Crippen molar-refractivity contribution in [2.24, 2.45) is 0 Å². The van der Waals surface area contributed by atoms with Crippen LogP contribution in [0, 0.1) is 11.6 Å². The summed E-state index contributed by atoms with van der Waals surface area (Å²) in [4.78, 5) is 0. The van der Waals surface area contributed by atoms with Crippen molar-refractivity contribution in [3.8, 4) is 5.75 Å². The van der Waals surface area contributed by atoms with E-state index in [1.165, 1.54) is 12.1 Å². The minimum Gasteiger partial charge on any atom is -0.486 e. The molecule has 0 bridgehead atoms. The number of halogens is 5. The first-order valence-electron chi connectivity index (χ1n) is 5.81. The van der Waals surface area contributed by atoms with Gasteiger partial charge in [-0.3, -0.25) is 0 Å². The largest absolute Gasteiger partial charge is 0.486 e. The molecule has 0 fully saturated rings. The van der Waals surface area contributed by atoms with Crippen LogP contribution in [-0.4, -0.2) is 0 Å². The van der Waals surface area contributed by atoms with E-state index in [2.05, 4.69) is 0 Å². The van der Waals surface area contributed by atoms with Gasteiger partial charge in [0.1, 0.15) is 6.61 Å². The zero-order valence-electron chi connectivity index (χ0n) is 10.5. The molecule has 0 radical (unpaired) electrons. The van der Waals surface area contributed by atoms with Crippen LogP contribution in [-0.2, 0) is 12.8 Å². The van der Waals surface area contributed by atoms with E-state index < -0.39 is 35.7 Å². The molecule has 2 aromatic rings. The fourth-order valence-corrected chi connectivity index (χ4v) is 1.73. The molecule has 0 aliphatic carbocycles. The molecule has 112 valence electrons. The molecule has 0 atom stereocenters. The van der Waals surface area contributed by atoms with Crippen molar-refractivity contribution >= 4 is 5.69 Å². The summed E-state index contributed by atoms with van der Waals surface area (Å²) < 4.78 is 69.8. The van der Waals surface area contributed by atoms with Crippen molar-refractivity contribution < 1.29 is 26.7 Å². The molecule has 21 heavy (non-hydrogen) atoms. The second-order valence-electron chi connectivity index (χ2n) is 4.25. The number of anilines is 1. The molecule has 0 aliphatic heterocycles. The highest BCUT2D eigenvalue weighted by Gasteiger charge is 2.33. The standard InChI is InChI=1S/C14H10F5NO/c15-11-2-1-3-12(13(11)16)21-7-8-4-5-9(20)6-10(8)14(17,18)19/h1-6H,7,20H2. The summed E-state index contributed by atoms with van der Waals surface area (Å²) in [5, 5.41) is 0. The number of nitrogens with two attached hydrogens (primary N) is 1. The SMILES string of the molecule is Nc1ccc(COc2cccc(F)c2F)c(C(F)(F)F)c1. The molecule has 0 heterocycles. The van der Waals surface area contributed by atoms with Gasteiger partial charge in [0.05, 0.1) is 5.56 Å². The number of alkyl halides is 3. The first-order chi connectivity index (χ1) is 9.79. The Kier molecular flexibility index (Phi) is 4.02. The summed E-state index contributed by atoms with van der Waals surface area (Å²) in [6, 6.07) is 6.38. The summed E-state index contributed by atoms with van der Waals surface area (Å²) >= 11 is 0. The number of hydrogen-bond acceptors (Lipinski definition) is 2. The van der Waals surface area contributed by atoms with Gasteiger partial charge in [-0.2, -0.15) is 17.6 Å². The van der Waals surface area contributed by atoms with Crippen LogP contribution >= 0.6 is 0 Å². The van der Waals surface area contributed by atoms with Crippen LogP contribution in [0.4, 0.5) is 27.6 Å². The molecule has 0 aromatic heterocycles. The van der Waals surface area contributed by atoms with Gasteiger partial charge in [-0.25, -0.2) is 4.39 Å². The van der Waals surface area contributed by atoms with Gasteiger partial charge in [0.2, 0.25) is 5.82 Å². The maximum absolute atomic E-state index is 13.4. The Morgan fingerprint density at radius 1 is 1.05 bits per heavy atom. The van der Waals surface area contributed by atoms with Gasteiger partial charge in [0, 0.05) is 11.3 Å². The average molecular weight is 303 g/mol. The maximum atomic E-state index is 13.4. The van der Waals surface area contributed by atoms with E-state index in [1.54, 1.807) is 0 Å². The Labute approximate surface area is 116 Å². The molecule has 0 saturated heterocycles. The molecule has 0 spiro atoms. The van der Waals surface area contributed by atoms with Gasteiger partial charge in [0.15, 0.2) is 11.6 Å². The van der Waals surface area contributed by atoms with Crippen molar-refractivity contribution in [3.05, 3.63) is 59.2 Å². The number of benzene rings is 2. The zero-order chi connectivity index (χ0) is 15.6. The summed E-state index contributed by atoms with van der Waals surface area (Å²) in [5.41, 5.74) is 4.08. The highest BCUT2D eigenvalue weighted by Crippen LogP contribution is 2.34. The maximum Gasteiger partial charge on any atom is 0.416 e. The number of nitrogen functional groups attached to an aromatic ring is 1. The van der Waals surface area contributed by atoms with Crippen LogP contribution in [0.15, 0.2) is 36.4 Å². The van der Waals surface area contributed by atoms with Crippen LogP contribution < -0.4 is 10.5 Å². The van der Waals surface area contributed by atoms with Gasteiger partial charge in [0.25, 0.3) is 0 Å². The van der Waals surface area contributed by atoms with Gasteiger partial charge in [-0.15, -0.1) is 0 Å². The van der Waals surface area contributed by atoms with Crippen molar-refractivity contribution in [2.45, 2.75) is 12.8 Å². The first kappa shape index (κ1) is 15.1. The molecule has 2 N–H and O–H groups in total. The van der Waals surface area contributed by atoms with Gasteiger partial charge < -0.3 is 10.5 Å². The quantitative estimate of drug-likeness (QED) is 0.683. The van der Waals surface area contributed by atoms with Gasteiger partial charge in [-0.1, -0.05) is 12.1 Å². The van der Waals surface area contributed by atoms with Gasteiger partial charge >= 0.3 is 6.18 Å². The summed E-state index contributed by atoms with van der Waals surface area (Å²) in [6.45, 7) is -0.560. The monoisotopic (exact) mass is 303 g/mol. The van der Waals surface area contributed by atoms with Crippen molar-refractivity contribution in [1.82, 2.24) is 0 Å². The Morgan fingerprint density at radius 2 is 1.76 bits per heavy atom. The smallest absolute Gasteiger partial charge is 0.416 e. The van der Waals surface area contributed by atoms with E-state index in [1.807, 2.05) is 0 Å². The van der Waals surface area contributed by atoms with Crippen molar-refractivity contribution in [3.63, 3.8) is 0 Å². The Hall–Kier alpha value is -2.31. The summed E-state index contributed by atoms with van der Waals surface area (Å²) in [5.74, 6) is -2.85. The molecule has 0 saturated carbocycles. The highest BCUT2D eigenvalue weighted by molar-refractivity contribution is 5.46. The third-order valence-corrected chi connectivity index (χ3v) is 2.74. The molecule has 2 aromatic carbocycles. The van der Waals surface area contributed by atoms with E-state index in [9.17, 15) is 22.0 Å². The van der Waals surface area contributed by atoms with Crippen LogP contribution in [0.3, 0.4) is 0 Å². The Bertz CT molecular complexity index is 654. The molecule has 0 amide bonds. The average Bonchev–Trinajstić information content (AvgIpc) is 2.40. The van der Waals surface area contributed by atoms with Crippen LogP contribution in [0.1, 0.15) is 11.1 Å². The lowest BCUT2D eigenvalue weighted by Crippen LogP contribution is -2.12. The topological polar surface area (TPSA) is 35.2 Å². The minimum absolute atomic E-state index is 0.0528. The van der Waals surface area contributed by atoms with Crippen molar-refractivity contribution in [2.75, 3.05) is 5.73 Å². The number of ether oxygens (including phenoxy) is 1. The van der Waals surface area contributed by atoms with E-state index >= 15 is 0 Å². The van der Waals surface area contributed by atoms with Crippen LogP contribution in [0.2, 0.25) is 0 Å². The summed E-state index contributed by atoms with van der Waals surface area (Å²) in [6.07, 6.45) is -4.62. The normalized spacial score (nSPS) is 11.5. The lowest BCUT2D eigenvalue weighted by Gasteiger charge is -2.14. The third kappa shape index (κ3) is 3.42. The predicted molar refractivity (Wildman–Crippen MR) is 66.5 cm³/mol.